The second-order valence-electron chi connectivity index (χ2n) is 7.16. The van der Waals surface area contributed by atoms with Crippen molar-refractivity contribution < 1.29 is 18.1 Å². The van der Waals surface area contributed by atoms with E-state index in [0.717, 1.165) is 29.7 Å². The number of rotatable bonds is 3. The van der Waals surface area contributed by atoms with E-state index >= 15 is 0 Å². The van der Waals surface area contributed by atoms with Gasteiger partial charge in [0.25, 0.3) is 0 Å². The highest BCUT2D eigenvalue weighted by atomic mass is 19.1. The third-order valence-electron chi connectivity index (χ3n) is 5.17. The molecule has 8 heteroatoms. The van der Waals surface area contributed by atoms with E-state index in [1.807, 2.05) is 32.0 Å². The third-order valence-corrected chi connectivity index (χ3v) is 5.17. The van der Waals surface area contributed by atoms with Gasteiger partial charge in [0.1, 0.15) is 17.7 Å². The summed E-state index contributed by atoms with van der Waals surface area (Å²) in [5.74, 6) is -1.19. The van der Waals surface area contributed by atoms with Crippen molar-refractivity contribution in [1.82, 2.24) is 15.0 Å². The van der Waals surface area contributed by atoms with Crippen molar-refractivity contribution in [2.75, 3.05) is 11.9 Å². The highest BCUT2D eigenvalue weighted by molar-refractivity contribution is 5.89. The molecule has 0 spiro atoms. The van der Waals surface area contributed by atoms with Crippen LogP contribution in [0.1, 0.15) is 35.9 Å². The molecular formula is C21H20F2N4O2. The SMILES string of the molecule is Cc1ccc(NC(=O)N2CCC[C@H]2c2nc(-c3ccc(F)cc3F)no2)cc1C. The van der Waals surface area contributed by atoms with Gasteiger partial charge in [-0.3, -0.25) is 0 Å². The van der Waals surface area contributed by atoms with Crippen molar-refractivity contribution in [3.05, 3.63) is 65.1 Å². The summed E-state index contributed by atoms with van der Waals surface area (Å²) < 4.78 is 32.4. The van der Waals surface area contributed by atoms with Crippen LogP contribution in [0.25, 0.3) is 11.4 Å². The number of likely N-dealkylation sites (tertiary alicyclic amines) is 1. The zero-order chi connectivity index (χ0) is 20.5. The molecule has 0 aliphatic carbocycles. The van der Waals surface area contributed by atoms with Crippen LogP contribution >= 0.6 is 0 Å². The number of aromatic nitrogens is 2. The number of hydrogen-bond donors (Lipinski definition) is 1. The molecule has 1 aliphatic rings. The molecule has 4 rings (SSSR count). The standard InChI is InChI=1S/C21H20F2N4O2/c1-12-5-7-15(10-13(12)2)24-21(28)27-9-3-4-18(27)20-25-19(26-29-20)16-8-6-14(22)11-17(16)23/h5-8,10-11,18H,3-4,9H2,1-2H3,(H,24,28)/t18-/m0/s1. The van der Waals surface area contributed by atoms with Gasteiger partial charge >= 0.3 is 6.03 Å². The summed E-state index contributed by atoms with van der Waals surface area (Å²) in [6.45, 7) is 4.54. The minimum Gasteiger partial charge on any atom is -0.337 e. The lowest BCUT2D eigenvalue weighted by molar-refractivity contribution is 0.193. The number of carbonyl (C=O) groups is 1. The largest absolute Gasteiger partial charge is 0.337 e. The molecule has 0 bridgehead atoms. The average molecular weight is 398 g/mol. The predicted molar refractivity (Wildman–Crippen MR) is 103 cm³/mol. The number of nitrogens with zero attached hydrogens (tertiary/aromatic N) is 3. The predicted octanol–water partition coefficient (Wildman–Crippen LogP) is 5.00. The summed E-state index contributed by atoms with van der Waals surface area (Å²) in [6.07, 6.45) is 1.45. The van der Waals surface area contributed by atoms with Crippen LogP contribution in [0.2, 0.25) is 0 Å². The quantitative estimate of drug-likeness (QED) is 0.674. The Labute approximate surface area is 166 Å². The van der Waals surface area contributed by atoms with Crippen molar-refractivity contribution in [3.8, 4) is 11.4 Å². The molecular weight excluding hydrogens is 378 g/mol. The molecule has 150 valence electrons. The van der Waals surface area contributed by atoms with Gasteiger partial charge in [-0.05, 0) is 62.1 Å². The lowest BCUT2D eigenvalue weighted by Gasteiger charge is -2.22. The van der Waals surface area contributed by atoms with E-state index in [0.29, 0.717) is 18.7 Å². The van der Waals surface area contributed by atoms with Crippen LogP contribution in [-0.4, -0.2) is 27.6 Å². The number of anilines is 1. The van der Waals surface area contributed by atoms with Gasteiger partial charge in [-0.25, -0.2) is 13.6 Å². The fourth-order valence-corrected chi connectivity index (χ4v) is 3.43. The lowest BCUT2D eigenvalue weighted by atomic mass is 10.1. The molecule has 1 atom stereocenters. The molecule has 1 N–H and O–H groups in total. The van der Waals surface area contributed by atoms with E-state index in [1.165, 1.54) is 6.07 Å². The number of benzene rings is 2. The molecule has 1 saturated heterocycles. The summed E-state index contributed by atoms with van der Waals surface area (Å²) in [4.78, 5) is 18.7. The third kappa shape index (κ3) is 3.83. The van der Waals surface area contributed by atoms with Crippen LogP contribution in [0.4, 0.5) is 19.3 Å². The Balaban J connectivity index is 1.53. The first kappa shape index (κ1) is 19.0. The maximum absolute atomic E-state index is 14.0. The number of nitrogens with one attached hydrogen (secondary N) is 1. The Morgan fingerprint density at radius 2 is 2.00 bits per heavy atom. The van der Waals surface area contributed by atoms with Gasteiger partial charge in [0, 0.05) is 18.3 Å². The van der Waals surface area contributed by atoms with E-state index in [-0.39, 0.29) is 23.3 Å². The van der Waals surface area contributed by atoms with Crippen LogP contribution in [0.15, 0.2) is 40.9 Å². The molecule has 1 fully saturated rings. The normalized spacial score (nSPS) is 16.3. The minimum absolute atomic E-state index is 0.0268. The van der Waals surface area contributed by atoms with Gasteiger partial charge in [0.15, 0.2) is 0 Å². The van der Waals surface area contributed by atoms with Gasteiger partial charge < -0.3 is 14.7 Å². The number of hydrogen-bond acceptors (Lipinski definition) is 4. The summed E-state index contributed by atoms with van der Waals surface area (Å²) in [5.41, 5.74) is 2.99. The second-order valence-corrected chi connectivity index (χ2v) is 7.16. The number of urea groups is 1. The first-order valence-electron chi connectivity index (χ1n) is 9.36. The molecule has 6 nitrogen and oxygen atoms in total. The number of amides is 2. The summed E-state index contributed by atoms with van der Waals surface area (Å²) >= 11 is 0. The van der Waals surface area contributed by atoms with Crippen LogP contribution in [-0.2, 0) is 0 Å². The Morgan fingerprint density at radius 3 is 2.76 bits per heavy atom. The smallest absolute Gasteiger partial charge is 0.322 e. The summed E-state index contributed by atoms with van der Waals surface area (Å²) in [7, 11) is 0. The van der Waals surface area contributed by atoms with Crippen molar-refractivity contribution >= 4 is 11.7 Å². The maximum atomic E-state index is 14.0. The monoisotopic (exact) mass is 398 g/mol. The van der Waals surface area contributed by atoms with Crippen LogP contribution in [0, 0.1) is 25.5 Å². The molecule has 0 saturated carbocycles. The Bertz CT molecular complexity index is 1070. The van der Waals surface area contributed by atoms with E-state index in [9.17, 15) is 13.6 Å². The molecule has 29 heavy (non-hydrogen) atoms. The lowest BCUT2D eigenvalue weighted by Crippen LogP contribution is -2.34. The Kier molecular flexibility index (Phi) is 5.00. The summed E-state index contributed by atoms with van der Waals surface area (Å²) in [5, 5.41) is 6.71. The molecule has 2 aromatic carbocycles. The first-order valence-corrected chi connectivity index (χ1v) is 9.36. The van der Waals surface area contributed by atoms with Crippen LogP contribution < -0.4 is 5.32 Å². The molecule has 1 aromatic heterocycles. The first-order chi connectivity index (χ1) is 13.9. The number of carbonyl (C=O) groups excluding carboxylic acids is 1. The van der Waals surface area contributed by atoms with E-state index in [1.54, 1.807) is 4.90 Å². The van der Waals surface area contributed by atoms with E-state index < -0.39 is 17.7 Å². The second kappa shape index (κ2) is 7.62. The molecule has 0 radical (unpaired) electrons. The summed E-state index contributed by atoms with van der Waals surface area (Å²) in [6, 6.07) is 8.23. The van der Waals surface area contributed by atoms with Gasteiger partial charge in [0.2, 0.25) is 11.7 Å². The number of halogens is 2. The molecule has 3 aromatic rings. The fraction of sp³-hybridized carbons (Fsp3) is 0.286. The molecule has 2 heterocycles. The van der Waals surface area contributed by atoms with Crippen molar-refractivity contribution in [2.24, 2.45) is 0 Å². The van der Waals surface area contributed by atoms with E-state index in [4.69, 9.17) is 4.52 Å². The molecule has 0 unspecified atom stereocenters. The highest BCUT2D eigenvalue weighted by Gasteiger charge is 2.34. The topological polar surface area (TPSA) is 71.3 Å². The van der Waals surface area contributed by atoms with Gasteiger partial charge in [0.05, 0.1) is 5.56 Å². The Morgan fingerprint density at radius 1 is 1.17 bits per heavy atom. The fourth-order valence-electron chi connectivity index (χ4n) is 3.43. The Hall–Kier alpha value is -3.29. The zero-order valence-corrected chi connectivity index (χ0v) is 16.1. The van der Waals surface area contributed by atoms with E-state index in [2.05, 4.69) is 15.5 Å². The van der Waals surface area contributed by atoms with Crippen LogP contribution in [0.5, 0.6) is 0 Å². The van der Waals surface area contributed by atoms with Gasteiger partial charge in [-0.15, -0.1) is 0 Å². The van der Waals surface area contributed by atoms with Crippen LogP contribution in [0.3, 0.4) is 0 Å². The number of aryl methyl sites for hydroxylation is 2. The molecule has 1 aliphatic heterocycles. The molecule has 2 amide bonds. The van der Waals surface area contributed by atoms with Gasteiger partial charge in [-0.1, -0.05) is 11.2 Å². The zero-order valence-electron chi connectivity index (χ0n) is 16.1. The van der Waals surface area contributed by atoms with Gasteiger partial charge in [-0.2, -0.15) is 4.98 Å². The average Bonchev–Trinajstić information content (AvgIpc) is 3.34. The maximum Gasteiger partial charge on any atom is 0.322 e. The van der Waals surface area contributed by atoms with Crippen molar-refractivity contribution in [2.45, 2.75) is 32.7 Å². The van der Waals surface area contributed by atoms with Crippen molar-refractivity contribution in [3.63, 3.8) is 0 Å². The highest BCUT2D eigenvalue weighted by Crippen LogP contribution is 2.33. The van der Waals surface area contributed by atoms with Crippen molar-refractivity contribution in [1.29, 1.82) is 0 Å². The minimum atomic E-state index is -0.770.